The zero-order valence-corrected chi connectivity index (χ0v) is 7.69. The molecule has 0 saturated heterocycles. The second-order valence-electron chi connectivity index (χ2n) is 2.14. The fraction of sp³-hybridized carbons (Fsp3) is 0.571. The largest absolute Gasteiger partial charge is 0.481 e. The van der Waals surface area contributed by atoms with Gasteiger partial charge in [-0.1, -0.05) is 6.92 Å². The van der Waals surface area contributed by atoms with Crippen LogP contribution in [-0.2, 0) is 14.4 Å². The Morgan fingerprint density at radius 3 is 1.36 bits per heavy atom. The van der Waals surface area contributed by atoms with Gasteiger partial charge in [0.05, 0.1) is 13.1 Å². The summed E-state index contributed by atoms with van der Waals surface area (Å²) in [5.74, 6) is -2.86. The SMILES string of the molecule is CCC(=O)O.O=C(O)CNCC(=O)O. The van der Waals surface area contributed by atoms with Gasteiger partial charge in [0.25, 0.3) is 0 Å². The van der Waals surface area contributed by atoms with Gasteiger partial charge in [0, 0.05) is 6.42 Å². The lowest BCUT2D eigenvalue weighted by Gasteiger charge is -1.93. The van der Waals surface area contributed by atoms with Gasteiger partial charge < -0.3 is 15.3 Å². The van der Waals surface area contributed by atoms with Crippen LogP contribution >= 0.6 is 0 Å². The van der Waals surface area contributed by atoms with Crippen LogP contribution in [0.5, 0.6) is 0 Å². The summed E-state index contributed by atoms with van der Waals surface area (Å²) in [6, 6.07) is 0. The monoisotopic (exact) mass is 207 g/mol. The maximum Gasteiger partial charge on any atom is 0.317 e. The van der Waals surface area contributed by atoms with Crippen molar-refractivity contribution in [1.29, 1.82) is 0 Å². The summed E-state index contributed by atoms with van der Waals surface area (Å²) >= 11 is 0. The number of carboxylic acids is 3. The van der Waals surface area contributed by atoms with Crippen molar-refractivity contribution in [2.24, 2.45) is 0 Å². The second-order valence-corrected chi connectivity index (χ2v) is 2.14. The van der Waals surface area contributed by atoms with E-state index in [4.69, 9.17) is 15.3 Å². The van der Waals surface area contributed by atoms with E-state index in [0.717, 1.165) is 0 Å². The average Bonchev–Trinajstić information content (AvgIpc) is 2.04. The minimum absolute atomic E-state index is 0.222. The van der Waals surface area contributed by atoms with Gasteiger partial charge in [0.2, 0.25) is 0 Å². The van der Waals surface area contributed by atoms with Crippen LogP contribution in [0.3, 0.4) is 0 Å². The molecule has 4 N–H and O–H groups in total. The molecule has 14 heavy (non-hydrogen) atoms. The van der Waals surface area contributed by atoms with Crippen LogP contribution in [-0.4, -0.2) is 46.3 Å². The highest BCUT2D eigenvalue weighted by Gasteiger charge is 1.97. The topological polar surface area (TPSA) is 124 Å². The van der Waals surface area contributed by atoms with E-state index in [0.29, 0.717) is 0 Å². The molecule has 0 saturated carbocycles. The highest BCUT2D eigenvalue weighted by molar-refractivity contribution is 5.72. The number of aliphatic carboxylic acids is 3. The summed E-state index contributed by atoms with van der Waals surface area (Å²) in [7, 11) is 0. The molecule has 0 aromatic rings. The number of nitrogens with one attached hydrogen (secondary N) is 1. The molecule has 0 aliphatic heterocycles. The third-order valence-electron chi connectivity index (χ3n) is 0.855. The number of hydrogen-bond acceptors (Lipinski definition) is 4. The Kier molecular flexibility index (Phi) is 10.0. The van der Waals surface area contributed by atoms with Gasteiger partial charge in [0.15, 0.2) is 0 Å². The first-order valence-electron chi connectivity index (χ1n) is 3.76. The summed E-state index contributed by atoms with van der Waals surface area (Å²) in [5, 5.41) is 25.8. The first kappa shape index (κ1) is 14.9. The van der Waals surface area contributed by atoms with Crippen molar-refractivity contribution in [3.63, 3.8) is 0 Å². The Labute approximate surface area is 80.4 Å². The lowest BCUT2D eigenvalue weighted by Crippen LogP contribution is -2.27. The van der Waals surface area contributed by atoms with Crippen LogP contribution < -0.4 is 5.32 Å². The van der Waals surface area contributed by atoms with Crippen LogP contribution in [0.4, 0.5) is 0 Å². The molecule has 82 valence electrons. The van der Waals surface area contributed by atoms with E-state index < -0.39 is 17.9 Å². The van der Waals surface area contributed by atoms with E-state index in [2.05, 4.69) is 5.32 Å². The summed E-state index contributed by atoms with van der Waals surface area (Å²) in [5.41, 5.74) is 0. The maximum absolute atomic E-state index is 9.73. The van der Waals surface area contributed by atoms with Crippen molar-refractivity contribution in [2.45, 2.75) is 13.3 Å². The lowest BCUT2D eigenvalue weighted by molar-refractivity contribution is -0.138. The Morgan fingerprint density at radius 1 is 0.929 bits per heavy atom. The normalized spacial score (nSPS) is 8.36. The van der Waals surface area contributed by atoms with Crippen molar-refractivity contribution < 1.29 is 29.7 Å². The predicted octanol–water partition coefficient (Wildman–Crippen LogP) is -0.774. The molecule has 0 atom stereocenters. The molecule has 0 unspecified atom stereocenters. The maximum atomic E-state index is 9.73. The van der Waals surface area contributed by atoms with Crippen molar-refractivity contribution >= 4 is 17.9 Å². The van der Waals surface area contributed by atoms with Crippen LogP contribution in [0.1, 0.15) is 13.3 Å². The van der Waals surface area contributed by atoms with Crippen molar-refractivity contribution in [2.75, 3.05) is 13.1 Å². The van der Waals surface area contributed by atoms with E-state index in [1.165, 1.54) is 0 Å². The molecule has 0 radical (unpaired) electrons. The third-order valence-corrected chi connectivity index (χ3v) is 0.855. The molecule has 0 aromatic heterocycles. The molecule has 0 aliphatic rings. The standard InChI is InChI=1S/C4H7NO4.C3H6O2/c6-3(7)1-5-2-4(8)9;1-2-3(4)5/h5H,1-2H2,(H,6,7)(H,8,9);2H2,1H3,(H,4,5). The molecule has 0 aliphatic carbocycles. The first-order valence-corrected chi connectivity index (χ1v) is 3.76. The van der Waals surface area contributed by atoms with Crippen LogP contribution in [0.25, 0.3) is 0 Å². The van der Waals surface area contributed by atoms with E-state index in [1.807, 2.05) is 0 Å². The van der Waals surface area contributed by atoms with Crippen LogP contribution in [0.15, 0.2) is 0 Å². The van der Waals surface area contributed by atoms with E-state index in [-0.39, 0.29) is 19.5 Å². The van der Waals surface area contributed by atoms with Gasteiger partial charge in [-0.25, -0.2) is 0 Å². The quantitative estimate of drug-likeness (QED) is 0.466. The average molecular weight is 207 g/mol. The Hall–Kier alpha value is -1.63. The van der Waals surface area contributed by atoms with Gasteiger partial charge in [0.1, 0.15) is 0 Å². The molecular formula is C7H13NO6. The summed E-state index contributed by atoms with van der Waals surface area (Å²) in [4.78, 5) is 28.8. The zero-order chi connectivity index (χ0) is 11.6. The Morgan fingerprint density at radius 2 is 1.21 bits per heavy atom. The summed E-state index contributed by atoms with van der Waals surface area (Å²) < 4.78 is 0. The number of carbonyl (C=O) groups is 3. The Balaban J connectivity index is 0. The van der Waals surface area contributed by atoms with Crippen molar-refractivity contribution in [3.05, 3.63) is 0 Å². The molecule has 0 rings (SSSR count). The molecule has 0 bridgehead atoms. The highest BCUT2D eigenvalue weighted by atomic mass is 16.4. The van der Waals surface area contributed by atoms with Crippen molar-refractivity contribution in [1.82, 2.24) is 5.32 Å². The number of hydrogen-bond donors (Lipinski definition) is 4. The summed E-state index contributed by atoms with van der Waals surface area (Å²) in [6.07, 6.45) is 0.222. The molecule has 0 heterocycles. The minimum atomic E-state index is -1.06. The van der Waals surface area contributed by atoms with Gasteiger partial charge in [-0.15, -0.1) is 0 Å². The predicted molar refractivity (Wildman–Crippen MR) is 46.1 cm³/mol. The molecule has 0 aromatic carbocycles. The van der Waals surface area contributed by atoms with E-state index >= 15 is 0 Å². The van der Waals surface area contributed by atoms with E-state index in [1.54, 1.807) is 6.92 Å². The first-order chi connectivity index (χ1) is 6.40. The molecule has 0 fully saturated rings. The highest BCUT2D eigenvalue weighted by Crippen LogP contribution is 1.67. The van der Waals surface area contributed by atoms with Gasteiger partial charge in [-0.3, -0.25) is 19.7 Å². The zero-order valence-electron chi connectivity index (χ0n) is 7.69. The molecule has 7 heteroatoms. The molecular weight excluding hydrogens is 194 g/mol. The van der Waals surface area contributed by atoms with Crippen molar-refractivity contribution in [3.8, 4) is 0 Å². The second kappa shape index (κ2) is 9.46. The van der Waals surface area contributed by atoms with Gasteiger partial charge in [-0.2, -0.15) is 0 Å². The van der Waals surface area contributed by atoms with E-state index in [9.17, 15) is 14.4 Å². The van der Waals surface area contributed by atoms with Gasteiger partial charge >= 0.3 is 17.9 Å². The fourth-order valence-electron chi connectivity index (χ4n) is 0.276. The van der Waals surface area contributed by atoms with Gasteiger partial charge in [-0.05, 0) is 0 Å². The number of carboxylic acid groups (broad SMARTS) is 3. The molecule has 7 nitrogen and oxygen atoms in total. The Bertz CT molecular complexity index is 188. The summed E-state index contributed by atoms with van der Waals surface area (Å²) in [6.45, 7) is 0.973. The third kappa shape index (κ3) is 22.4. The lowest BCUT2D eigenvalue weighted by atomic mass is 10.5. The number of rotatable bonds is 5. The molecule has 0 amide bonds. The smallest absolute Gasteiger partial charge is 0.317 e. The van der Waals surface area contributed by atoms with Crippen LogP contribution in [0, 0.1) is 0 Å². The molecule has 0 spiro atoms. The fourth-order valence-corrected chi connectivity index (χ4v) is 0.276. The minimum Gasteiger partial charge on any atom is -0.481 e. The van der Waals surface area contributed by atoms with Crippen LogP contribution in [0.2, 0.25) is 0 Å².